The first-order valence-corrected chi connectivity index (χ1v) is 8.38. The predicted molar refractivity (Wildman–Crippen MR) is 103 cm³/mol. The minimum atomic E-state index is -0.382. The van der Waals surface area contributed by atoms with Crippen molar-refractivity contribution in [3.8, 4) is 5.75 Å². The summed E-state index contributed by atoms with van der Waals surface area (Å²) in [6.07, 6.45) is 0.871. The third kappa shape index (κ3) is 5.19. The number of rotatable bonds is 6. The molecular weight excluding hydrogens is 336 g/mol. The standard InChI is InChI=1S/C19H22N2O3S/c1-4-17(13-8-10-16(23-2)11-9-13)21-19(25)20-15-7-5-6-14(12-15)18(22)24-3/h5-12,17H,4H2,1-3H3,(H2,20,21,25). The highest BCUT2D eigenvalue weighted by Gasteiger charge is 2.12. The monoisotopic (exact) mass is 358 g/mol. The van der Waals surface area contributed by atoms with Crippen molar-refractivity contribution < 1.29 is 14.3 Å². The molecule has 2 aromatic rings. The van der Waals surface area contributed by atoms with Gasteiger partial charge in [0.2, 0.25) is 0 Å². The molecule has 0 heterocycles. The average molecular weight is 358 g/mol. The maximum Gasteiger partial charge on any atom is 0.337 e. The average Bonchev–Trinajstić information content (AvgIpc) is 2.65. The smallest absolute Gasteiger partial charge is 0.337 e. The number of carbonyl (C=O) groups is 1. The normalized spacial score (nSPS) is 11.3. The van der Waals surface area contributed by atoms with Crippen molar-refractivity contribution in [1.82, 2.24) is 5.32 Å². The van der Waals surface area contributed by atoms with Crippen LogP contribution in [0.1, 0.15) is 35.3 Å². The zero-order valence-electron chi connectivity index (χ0n) is 14.5. The number of benzene rings is 2. The predicted octanol–water partition coefficient (Wildman–Crippen LogP) is 3.92. The second-order valence-electron chi connectivity index (χ2n) is 5.40. The molecule has 2 aromatic carbocycles. The van der Waals surface area contributed by atoms with Gasteiger partial charge in [-0.1, -0.05) is 25.1 Å². The summed E-state index contributed by atoms with van der Waals surface area (Å²) in [7, 11) is 3.00. The first-order valence-electron chi connectivity index (χ1n) is 7.97. The number of nitrogens with one attached hydrogen (secondary N) is 2. The van der Waals surface area contributed by atoms with Gasteiger partial charge in [0.05, 0.1) is 25.8 Å². The molecule has 1 atom stereocenters. The minimum Gasteiger partial charge on any atom is -0.497 e. The first kappa shape index (κ1) is 18.7. The highest BCUT2D eigenvalue weighted by molar-refractivity contribution is 7.80. The summed E-state index contributed by atoms with van der Waals surface area (Å²) in [6, 6.07) is 15.0. The van der Waals surface area contributed by atoms with Crippen LogP contribution < -0.4 is 15.4 Å². The lowest BCUT2D eigenvalue weighted by atomic mass is 10.0. The number of esters is 1. The molecule has 0 radical (unpaired) electrons. The lowest BCUT2D eigenvalue weighted by molar-refractivity contribution is 0.0601. The highest BCUT2D eigenvalue weighted by atomic mass is 32.1. The number of anilines is 1. The van der Waals surface area contributed by atoms with Crippen molar-refractivity contribution in [1.29, 1.82) is 0 Å². The molecule has 132 valence electrons. The van der Waals surface area contributed by atoms with Gasteiger partial charge in [0.15, 0.2) is 5.11 Å². The molecule has 0 fully saturated rings. The zero-order chi connectivity index (χ0) is 18.2. The number of hydrogen-bond acceptors (Lipinski definition) is 4. The summed E-state index contributed by atoms with van der Waals surface area (Å²) in [6.45, 7) is 2.09. The van der Waals surface area contributed by atoms with Gasteiger partial charge in [-0.25, -0.2) is 4.79 Å². The molecule has 0 amide bonds. The van der Waals surface area contributed by atoms with Crippen LogP contribution in [0.2, 0.25) is 0 Å². The lowest BCUT2D eigenvalue weighted by Crippen LogP contribution is -2.32. The van der Waals surface area contributed by atoms with E-state index in [1.165, 1.54) is 7.11 Å². The third-order valence-electron chi connectivity index (χ3n) is 3.77. The van der Waals surface area contributed by atoms with Gasteiger partial charge in [0.25, 0.3) is 0 Å². The second kappa shape index (κ2) is 9.03. The van der Waals surface area contributed by atoms with Gasteiger partial charge in [0.1, 0.15) is 5.75 Å². The molecule has 0 saturated carbocycles. The lowest BCUT2D eigenvalue weighted by Gasteiger charge is -2.20. The second-order valence-corrected chi connectivity index (χ2v) is 5.81. The Hall–Kier alpha value is -2.60. The van der Waals surface area contributed by atoms with Crippen molar-refractivity contribution in [2.24, 2.45) is 0 Å². The summed E-state index contributed by atoms with van der Waals surface area (Å²) in [4.78, 5) is 11.6. The maximum absolute atomic E-state index is 11.6. The third-order valence-corrected chi connectivity index (χ3v) is 3.99. The molecule has 2 rings (SSSR count). The Morgan fingerprint density at radius 3 is 2.48 bits per heavy atom. The maximum atomic E-state index is 11.6. The number of ether oxygens (including phenoxy) is 2. The van der Waals surface area contributed by atoms with E-state index in [1.54, 1.807) is 25.3 Å². The van der Waals surface area contributed by atoms with Crippen molar-refractivity contribution in [2.75, 3.05) is 19.5 Å². The summed E-state index contributed by atoms with van der Waals surface area (Å²) >= 11 is 5.40. The molecule has 0 aromatic heterocycles. The fourth-order valence-electron chi connectivity index (χ4n) is 2.42. The number of hydrogen-bond donors (Lipinski definition) is 2. The van der Waals surface area contributed by atoms with Gasteiger partial charge >= 0.3 is 5.97 Å². The first-order chi connectivity index (χ1) is 12.1. The number of carbonyl (C=O) groups excluding carboxylic acids is 1. The van der Waals surface area contributed by atoms with E-state index >= 15 is 0 Å². The molecule has 0 aliphatic carbocycles. The Bertz CT molecular complexity index is 732. The van der Waals surface area contributed by atoms with Crippen LogP contribution in [0, 0.1) is 0 Å². The van der Waals surface area contributed by atoms with Gasteiger partial charge in [-0.3, -0.25) is 0 Å². The van der Waals surface area contributed by atoms with Crippen LogP contribution in [0.3, 0.4) is 0 Å². The van der Waals surface area contributed by atoms with Gasteiger partial charge < -0.3 is 20.1 Å². The van der Waals surface area contributed by atoms with E-state index in [-0.39, 0.29) is 12.0 Å². The van der Waals surface area contributed by atoms with Crippen LogP contribution in [-0.4, -0.2) is 25.3 Å². The van der Waals surface area contributed by atoms with Gasteiger partial charge in [-0.05, 0) is 54.5 Å². The summed E-state index contributed by atoms with van der Waals surface area (Å²) in [5, 5.41) is 6.89. The molecule has 0 saturated heterocycles. The van der Waals surface area contributed by atoms with E-state index < -0.39 is 0 Å². The van der Waals surface area contributed by atoms with E-state index in [1.807, 2.05) is 30.3 Å². The topological polar surface area (TPSA) is 59.6 Å². The molecular formula is C19H22N2O3S. The van der Waals surface area contributed by atoms with Crippen molar-refractivity contribution in [2.45, 2.75) is 19.4 Å². The molecule has 25 heavy (non-hydrogen) atoms. The van der Waals surface area contributed by atoms with Gasteiger partial charge in [-0.2, -0.15) is 0 Å². The van der Waals surface area contributed by atoms with E-state index in [2.05, 4.69) is 17.6 Å². The largest absolute Gasteiger partial charge is 0.497 e. The molecule has 5 nitrogen and oxygen atoms in total. The minimum absolute atomic E-state index is 0.0784. The Kier molecular flexibility index (Phi) is 6.77. The summed E-state index contributed by atoms with van der Waals surface area (Å²) in [5.41, 5.74) is 2.32. The van der Waals surface area contributed by atoms with E-state index in [9.17, 15) is 4.79 Å². The molecule has 1 unspecified atom stereocenters. The van der Waals surface area contributed by atoms with E-state index in [0.717, 1.165) is 23.4 Å². The van der Waals surface area contributed by atoms with Crippen molar-refractivity contribution in [3.63, 3.8) is 0 Å². The van der Waals surface area contributed by atoms with Crippen molar-refractivity contribution >= 4 is 29.0 Å². The molecule has 0 spiro atoms. The van der Waals surface area contributed by atoms with Crippen LogP contribution in [0.25, 0.3) is 0 Å². The molecule has 6 heteroatoms. The molecule has 2 N–H and O–H groups in total. The fraction of sp³-hybridized carbons (Fsp3) is 0.263. The molecule has 0 bridgehead atoms. The van der Waals surface area contributed by atoms with Crippen LogP contribution >= 0.6 is 12.2 Å². The Morgan fingerprint density at radius 1 is 1.16 bits per heavy atom. The Morgan fingerprint density at radius 2 is 1.88 bits per heavy atom. The van der Waals surface area contributed by atoms with Crippen LogP contribution in [-0.2, 0) is 4.74 Å². The number of thiocarbonyl (C=S) groups is 1. The zero-order valence-corrected chi connectivity index (χ0v) is 15.4. The van der Waals surface area contributed by atoms with E-state index in [0.29, 0.717) is 10.7 Å². The highest BCUT2D eigenvalue weighted by Crippen LogP contribution is 2.20. The van der Waals surface area contributed by atoms with Gasteiger partial charge in [0, 0.05) is 5.69 Å². The SMILES string of the molecule is CCC(NC(=S)Nc1cccc(C(=O)OC)c1)c1ccc(OC)cc1. The van der Waals surface area contributed by atoms with E-state index in [4.69, 9.17) is 21.7 Å². The van der Waals surface area contributed by atoms with Crippen molar-refractivity contribution in [3.05, 3.63) is 59.7 Å². The van der Waals surface area contributed by atoms with Gasteiger partial charge in [-0.15, -0.1) is 0 Å². The summed E-state index contributed by atoms with van der Waals surface area (Å²) < 4.78 is 9.92. The molecule has 0 aliphatic rings. The summed E-state index contributed by atoms with van der Waals surface area (Å²) in [5.74, 6) is 0.436. The van der Waals surface area contributed by atoms with Crippen LogP contribution in [0.4, 0.5) is 5.69 Å². The quantitative estimate of drug-likeness (QED) is 0.603. The molecule has 0 aliphatic heterocycles. The van der Waals surface area contributed by atoms with Crippen LogP contribution in [0.5, 0.6) is 5.75 Å². The number of methoxy groups -OCH3 is 2. The Balaban J connectivity index is 2.03. The Labute approximate surface area is 153 Å². The van der Waals surface area contributed by atoms with Crippen LogP contribution in [0.15, 0.2) is 48.5 Å². The fourth-order valence-corrected chi connectivity index (χ4v) is 2.68.